The van der Waals surface area contributed by atoms with Crippen molar-refractivity contribution in [3.8, 4) is 0 Å². The third-order valence-corrected chi connectivity index (χ3v) is 4.06. The van der Waals surface area contributed by atoms with Gasteiger partial charge in [-0.1, -0.05) is 0 Å². The Morgan fingerprint density at radius 1 is 1.56 bits per heavy atom. The van der Waals surface area contributed by atoms with Gasteiger partial charge in [-0.2, -0.15) is 0 Å². The van der Waals surface area contributed by atoms with Crippen molar-refractivity contribution >= 4 is 11.9 Å². The summed E-state index contributed by atoms with van der Waals surface area (Å²) in [6, 6.07) is 0. The molecule has 3 fully saturated rings. The number of esters is 1. The van der Waals surface area contributed by atoms with Crippen LogP contribution in [0.2, 0.25) is 0 Å². The van der Waals surface area contributed by atoms with Crippen molar-refractivity contribution in [2.75, 3.05) is 26.4 Å². The molecule has 3 aliphatic rings. The number of rotatable bonds is 3. The molecule has 0 aromatic carbocycles. The van der Waals surface area contributed by atoms with E-state index in [9.17, 15) is 14.0 Å². The van der Waals surface area contributed by atoms with Gasteiger partial charge in [-0.3, -0.25) is 9.59 Å². The second-order valence-corrected chi connectivity index (χ2v) is 5.41. The summed E-state index contributed by atoms with van der Waals surface area (Å²) >= 11 is 0. The number of piperidine rings is 1. The van der Waals surface area contributed by atoms with Crippen LogP contribution in [0.4, 0.5) is 4.39 Å². The van der Waals surface area contributed by atoms with Gasteiger partial charge in [0.2, 0.25) is 0 Å². The number of alkyl halides is 1. The Labute approximate surface area is 105 Å². The number of hydrogen-bond donors (Lipinski definition) is 1. The van der Waals surface area contributed by atoms with Gasteiger partial charge in [-0.15, -0.1) is 0 Å². The maximum Gasteiger partial charge on any atom is 0.310 e. The number of carbonyl (C=O) groups excluding carboxylic acids is 2. The second-order valence-electron chi connectivity index (χ2n) is 5.41. The molecule has 0 aromatic rings. The molecule has 1 saturated carbocycles. The van der Waals surface area contributed by atoms with E-state index in [0.717, 1.165) is 12.8 Å². The van der Waals surface area contributed by atoms with Gasteiger partial charge in [0.25, 0.3) is 5.91 Å². The quantitative estimate of drug-likeness (QED) is 0.725. The van der Waals surface area contributed by atoms with Crippen LogP contribution in [0.25, 0.3) is 0 Å². The molecule has 100 valence electrons. The van der Waals surface area contributed by atoms with Crippen LogP contribution in [-0.4, -0.2) is 48.8 Å². The largest absolute Gasteiger partial charge is 0.444 e. The highest BCUT2D eigenvalue weighted by Gasteiger charge is 2.55. The van der Waals surface area contributed by atoms with Crippen molar-refractivity contribution in [2.45, 2.75) is 24.9 Å². The van der Waals surface area contributed by atoms with Crippen molar-refractivity contribution in [1.29, 1.82) is 0 Å². The first-order valence-electron chi connectivity index (χ1n) is 6.47. The molecule has 0 radical (unpaired) electrons. The summed E-state index contributed by atoms with van der Waals surface area (Å²) in [7, 11) is 0. The van der Waals surface area contributed by atoms with Crippen LogP contribution in [0.5, 0.6) is 0 Å². The van der Waals surface area contributed by atoms with Crippen LogP contribution in [0.15, 0.2) is 0 Å². The van der Waals surface area contributed by atoms with E-state index in [1.54, 1.807) is 0 Å². The van der Waals surface area contributed by atoms with Crippen LogP contribution in [0, 0.1) is 11.8 Å². The van der Waals surface area contributed by atoms with Crippen LogP contribution >= 0.6 is 0 Å². The Balaban J connectivity index is 1.60. The van der Waals surface area contributed by atoms with Gasteiger partial charge in [0.05, 0.1) is 5.92 Å². The molecule has 1 N–H and O–H groups in total. The highest BCUT2D eigenvalue weighted by atomic mass is 19.1. The molecule has 1 aliphatic carbocycles. The normalized spacial score (nSPS) is 35.5. The molecule has 1 amide bonds. The summed E-state index contributed by atoms with van der Waals surface area (Å²) in [5.41, 5.74) is -1.75. The summed E-state index contributed by atoms with van der Waals surface area (Å²) < 4.78 is 19.6. The fourth-order valence-corrected chi connectivity index (χ4v) is 2.70. The smallest absolute Gasteiger partial charge is 0.310 e. The predicted molar refractivity (Wildman–Crippen MR) is 60.2 cm³/mol. The maximum absolute atomic E-state index is 14.5. The Morgan fingerprint density at radius 2 is 2.33 bits per heavy atom. The lowest BCUT2D eigenvalue weighted by molar-refractivity contribution is -0.155. The van der Waals surface area contributed by atoms with E-state index >= 15 is 0 Å². The average molecular weight is 256 g/mol. The van der Waals surface area contributed by atoms with Crippen LogP contribution in [-0.2, 0) is 14.3 Å². The molecule has 18 heavy (non-hydrogen) atoms. The van der Waals surface area contributed by atoms with Crippen LogP contribution in [0.1, 0.15) is 19.3 Å². The number of hydrogen-bond acceptors (Lipinski definition) is 4. The molecule has 0 aromatic heterocycles. The fourth-order valence-electron chi connectivity index (χ4n) is 2.70. The minimum absolute atomic E-state index is 0.00554. The molecule has 2 atom stereocenters. The fraction of sp³-hybridized carbons (Fsp3) is 0.833. The summed E-state index contributed by atoms with van der Waals surface area (Å²) in [6.07, 6.45) is 1.95. The van der Waals surface area contributed by atoms with E-state index in [-0.39, 0.29) is 31.0 Å². The van der Waals surface area contributed by atoms with Crippen LogP contribution < -0.4 is 5.32 Å². The minimum atomic E-state index is -1.75. The number of amides is 1. The molecule has 2 saturated heterocycles. The highest BCUT2D eigenvalue weighted by molar-refractivity contribution is 5.88. The number of nitrogens with zero attached hydrogens (tertiary/aromatic N) is 1. The number of nitrogens with one attached hydrogen (secondary N) is 1. The molecular weight excluding hydrogens is 239 g/mol. The van der Waals surface area contributed by atoms with Crippen molar-refractivity contribution in [1.82, 2.24) is 10.2 Å². The lowest BCUT2D eigenvalue weighted by Crippen LogP contribution is -2.49. The molecule has 6 heteroatoms. The lowest BCUT2D eigenvalue weighted by Gasteiger charge is -2.29. The predicted octanol–water partition coefficient (Wildman–Crippen LogP) is 0.0571. The SMILES string of the molecule is O=C(OCN1C[C@@H]2CNCC[C@]2(F)C1=O)C1CC1. The highest BCUT2D eigenvalue weighted by Crippen LogP contribution is 2.37. The molecule has 2 heterocycles. The Morgan fingerprint density at radius 3 is 3.00 bits per heavy atom. The van der Waals surface area contributed by atoms with Gasteiger partial charge >= 0.3 is 5.97 Å². The van der Waals surface area contributed by atoms with E-state index in [4.69, 9.17) is 4.74 Å². The van der Waals surface area contributed by atoms with E-state index in [1.165, 1.54) is 4.90 Å². The second kappa shape index (κ2) is 4.19. The monoisotopic (exact) mass is 256 g/mol. The summed E-state index contributed by atoms with van der Waals surface area (Å²) in [6.45, 7) is 1.26. The van der Waals surface area contributed by atoms with Crippen molar-refractivity contribution in [3.63, 3.8) is 0 Å². The summed E-state index contributed by atoms with van der Waals surface area (Å²) in [5, 5.41) is 3.09. The van der Waals surface area contributed by atoms with Gasteiger partial charge in [-0.25, -0.2) is 4.39 Å². The zero-order valence-corrected chi connectivity index (χ0v) is 10.2. The third-order valence-electron chi connectivity index (χ3n) is 4.06. The molecule has 3 rings (SSSR count). The summed E-state index contributed by atoms with van der Waals surface area (Å²) in [4.78, 5) is 24.7. The topological polar surface area (TPSA) is 58.6 Å². The maximum atomic E-state index is 14.5. The molecule has 0 bridgehead atoms. The number of carbonyl (C=O) groups is 2. The molecular formula is C12H17FN2O3. The van der Waals surface area contributed by atoms with E-state index in [2.05, 4.69) is 5.32 Å². The van der Waals surface area contributed by atoms with Crippen molar-refractivity contribution < 1.29 is 18.7 Å². The average Bonchev–Trinajstić information content (AvgIpc) is 3.16. The van der Waals surface area contributed by atoms with Gasteiger partial charge in [0.15, 0.2) is 12.4 Å². The van der Waals surface area contributed by atoms with Crippen molar-refractivity contribution in [3.05, 3.63) is 0 Å². The minimum Gasteiger partial charge on any atom is -0.444 e. The molecule has 2 aliphatic heterocycles. The lowest BCUT2D eigenvalue weighted by atomic mass is 9.86. The number of ether oxygens (including phenoxy) is 1. The number of halogens is 1. The Kier molecular flexibility index (Phi) is 2.77. The molecule has 0 unspecified atom stereocenters. The van der Waals surface area contributed by atoms with Gasteiger partial charge in [0, 0.05) is 25.4 Å². The zero-order chi connectivity index (χ0) is 12.8. The van der Waals surface area contributed by atoms with Crippen molar-refractivity contribution in [2.24, 2.45) is 11.8 Å². The first-order chi connectivity index (χ1) is 8.61. The Bertz CT molecular complexity index is 386. The number of likely N-dealkylation sites (tertiary alicyclic amines) is 1. The zero-order valence-electron chi connectivity index (χ0n) is 10.2. The number of fused-ring (bicyclic) bond motifs is 1. The van der Waals surface area contributed by atoms with Gasteiger partial charge in [-0.05, 0) is 19.4 Å². The first kappa shape index (κ1) is 11.9. The standard InChI is InChI=1S/C12H17FN2O3/c13-12-3-4-14-5-9(12)6-15(11(12)17)7-18-10(16)8-1-2-8/h8-9,14H,1-7H2/t9-,12+/m0/s1. The molecule has 0 spiro atoms. The third kappa shape index (κ3) is 1.88. The molecule has 5 nitrogen and oxygen atoms in total. The van der Waals surface area contributed by atoms with E-state index in [0.29, 0.717) is 19.6 Å². The van der Waals surface area contributed by atoms with Gasteiger partial charge in [0.1, 0.15) is 0 Å². The van der Waals surface area contributed by atoms with Gasteiger partial charge < -0.3 is 15.0 Å². The first-order valence-corrected chi connectivity index (χ1v) is 6.47. The van der Waals surface area contributed by atoms with E-state index < -0.39 is 11.6 Å². The summed E-state index contributed by atoms with van der Waals surface area (Å²) in [5.74, 6) is -1.09. The van der Waals surface area contributed by atoms with Crippen LogP contribution in [0.3, 0.4) is 0 Å². The van der Waals surface area contributed by atoms with E-state index in [1.807, 2.05) is 0 Å². The Hall–Kier alpha value is -1.17.